The number of ketones is 1. The van der Waals surface area contributed by atoms with E-state index in [9.17, 15) is 22.8 Å². The van der Waals surface area contributed by atoms with Gasteiger partial charge in [0.2, 0.25) is 5.78 Å². The van der Waals surface area contributed by atoms with Crippen LogP contribution in [-0.2, 0) is 15.8 Å². The molecule has 0 aliphatic heterocycles. The minimum absolute atomic E-state index is 0.133. The molecular formula is C22H20ClF3N2O4S. The number of oxime groups is 1. The van der Waals surface area contributed by atoms with Gasteiger partial charge in [-0.25, -0.2) is 0 Å². The number of Topliss-reactive ketones (excluding diaryl/α,β-unsaturated/α-hetero) is 1. The largest absolute Gasteiger partial charge is 0.480 e. The van der Waals surface area contributed by atoms with E-state index in [0.717, 1.165) is 29.5 Å². The molecule has 176 valence electrons. The van der Waals surface area contributed by atoms with Crippen LogP contribution in [0.1, 0.15) is 33.3 Å². The molecule has 0 saturated carbocycles. The quantitative estimate of drug-likeness (QED) is 0.301. The third-order valence-electron chi connectivity index (χ3n) is 4.56. The maximum atomic E-state index is 12.9. The molecule has 1 heterocycles. The van der Waals surface area contributed by atoms with E-state index >= 15 is 0 Å². The van der Waals surface area contributed by atoms with Gasteiger partial charge in [0.25, 0.3) is 0 Å². The van der Waals surface area contributed by atoms with Crippen molar-refractivity contribution in [3.63, 3.8) is 0 Å². The molecule has 33 heavy (non-hydrogen) atoms. The Hall–Kier alpha value is -2.85. The van der Waals surface area contributed by atoms with Crippen LogP contribution in [0.4, 0.5) is 13.2 Å². The van der Waals surface area contributed by atoms with Crippen LogP contribution >= 0.6 is 22.9 Å². The number of benzene rings is 2. The number of hydrogen-bond donors (Lipinski definition) is 0. The molecule has 0 unspecified atom stereocenters. The summed E-state index contributed by atoms with van der Waals surface area (Å²) in [6, 6.07) is 7.54. The Balaban J connectivity index is 1.91. The molecule has 0 saturated heterocycles. The molecule has 0 aliphatic carbocycles. The zero-order chi connectivity index (χ0) is 24.6. The fourth-order valence-electron chi connectivity index (χ4n) is 2.90. The summed E-state index contributed by atoms with van der Waals surface area (Å²) in [6.45, 7) is 6.37. The standard InChI is InChI=1S/C22H20ClF3N2O4S/c1-12(2)27-31-11-19(29)21(3,4)32-14-6-8-17-18(10-14)33-20(30)28(17)16-7-5-13(9-15(16)23)22(24,25)26/h5-10H,11H2,1-4H3. The number of halogens is 4. The van der Waals surface area contributed by atoms with Crippen LogP contribution < -0.4 is 9.61 Å². The van der Waals surface area contributed by atoms with Crippen molar-refractivity contribution >= 4 is 44.6 Å². The number of alkyl halides is 3. The van der Waals surface area contributed by atoms with Gasteiger partial charge in [0.1, 0.15) is 5.75 Å². The van der Waals surface area contributed by atoms with E-state index in [4.69, 9.17) is 21.2 Å². The Morgan fingerprint density at radius 3 is 2.45 bits per heavy atom. The first-order valence-corrected chi connectivity index (χ1v) is 10.9. The molecule has 6 nitrogen and oxygen atoms in total. The predicted octanol–water partition coefficient (Wildman–Crippen LogP) is 5.86. The SMILES string of the molecule is CC(C)=NOCC(=O)C(C)(C)Oc1ccc2c(c1)sc(=O)n2-c1ccc(C(F)(F)F)cc1Cl. The zero-order valence-electron chi connectivity index (χ0n) is 18.1. The summed E-state index contributed by atoms with van der Waals surface area (Å²) in [5.41, 5.74) is -0.891. The minimum atomic E-state index is -4.55. The van der Waals surface area contributed by atoms with E-state index < -0.39 is 22.2 Å². The second-order valence-corrected chi connectivity index (χ2v) is 9.24. The van der Waals surface area contributed by atoms with Crippen molar-refractivity contribution in [3.8, 4) is 11.4 Å². The van der Waals surface area contributed by atoms with Gasteiger partial charge in [0, 0.05) is 0 Å². The van der Waals surface area contributed by atoms with Gasteiger partial charge in [-0.15, -0.1) is 0 Å². The second kappa shape index (κ2) is 9.18. The number of ether oxygens (including phenoxy) is 1. The third-order valence-corrected chi connectivity index (χ3v) is 5.76. The van der Waals surface area contributed by atoms with E-state index in [1.54, 1.807) is 45.9 Å². The van der Waals surface area contributed by atoms with Gasteiger partial charge in [0.15, 0.2) is 12.2 Å². The summed E-state index contributed by atoms with van der Waals surface area (Å²) in [4.78, 5) is 29.6. The number of rotatable bonds is 7. The van der Waals surface area contributed by atoms with Crippen molar-refractivity contribution in [1.29, 1.82) is 0 Å². The minimum Gasteiger partial charge on any atom is -0.480 e. The number of carbonyl (C=O) groups is 1. The van der Waals surface area contributed by atoms with E-state index in [-0.39, 0.29) is 23.1 Å². The Morgan fingerprint density at radius 2 is 1.85 bits per heavy atom. The van der Waals surface area contributed by atoms with Crippen LogP contribution in [-0.4, -0.2) is 28.3 Å². The molecule has 0 radical (unpaired) electrons. The van der Waals surface area contributed by atoms with Crippen LogP contribution in [0.2, 0.25) is 5.02 Å². The number of thiazole rings is 1. The molecule has 1 aromatic heterocycles. The molecule has 2 aromatic carbocycles. The summed E-state index contributed by atoms with van der Waals surface area (Å²) < 4.78 is 46.4. The van der Waals surface area contributed by atoms with E-state index in [1.807, 2.05) is 0 Å². The maximum absolute atomic E-state index is 12.9. The number of carbonyl (C=O) groups excluding carboxylic acids is 1. The smallest absolute Gasteiger partial charge is 0.416 e. The first-order valence-electron chi connectivity index (χ1n) is 9.68. The molecule has 0 bridgehead atoms. The van der Waals surface area contributed by atoms with Crippen molar-refractivity contribution in [3.05, 3.63) is 56.7 Å². The average Bonchev–Trinajstić information content (AvgIpc) is 3.01. The summed E-state index contributed by atoms with van der Waals surface area (Å²) in [6.07, 6.45) is -4.55. The van der Waals surface area contributed by atoms with Gasteiger partial charge in [-0.1, -0.05) is 28.1 Å². The molecule has 0 fully saturated rings. The van der Waals surface area contributed by atoms with Crippen molar-refractivity contribution < 1.29 is 27.5 Å². The van der Waals surface area contributed by atoms with Gasteiger partial charge in [-0.3, -0.25) is 14.2 Å². The molecule has 0 amide bonds. The number of nitrogens with zero attached hydrogens (tertiary/aromatic N) is 2. The number of fused-ring (bicyclic) bond motifs is 1. The van der Waals surface area contributed by atoms with E-state index in [0.29, 0.717) is 21.7 Å². The lowest BCUT2D eigenvalue weighted by atomic mass is 10.0. The molecule has 11 heteroatoms. The third kappa shape index (κ3) is 5.56. The van der Waals surface area contributed by atoms with Crippen LogP contribution in [0.25, 0.3) is 15.9 Å². The number of hydrogen-bond acceptors (Lipinski definition) is 6. The summed E-state index contributed by atoms with van der Waals surface area (Å²) in [5.74, 6) is -0.00201. The molecule has 0 atom stereocenters. The molecule has 3 aromatic rings. The average molecular weight is 501 g/mol. The lowest BCUT2D eigenvalue weighted by Crippen LogP contribution is -2.40. The van der Waals surface area contributed by atoms with Crippen molar-refractivity contribution in [2.75, 3.05) is 6.61 Å². The van der Waals surface area contributed by atoms with Gasteiger partial charge in [-0.2, -0.15) is 13.2 Å². The second-order valence-electron chi connectivity index (χ2n) is 7.84. The van der Waals surface area contributed by atoms with E-state index in [1.165, 1.54) is 4.57 Å². The Morgan fingerprint density at radius 1 is 1.15 bits per heavy atom. The van der Waals surface area contributed by atoms with Gasteiger partial charge >= 0.3 is 11.0 Å². The van der Waals surface area contributed by atoms with Crippen LogP contribution in [0.5, 0.6) is 5.75 Å². The number of aromatic nitrogens is 1. The molecule has 3 rings (SSSR count). The van der Waals surface area contributed by atoms with Gasteiger partial charge in [0.05, 0.1) is 32.2 Å². The Kier molecular flexibility index (Phi) is 6.90. The monoisotopic (exact) mass is 500 g/mol. The Bertz CT molecular complexity index is 1290. The van der Waals surface area contributed by atoms with Crippen LogP contribution in [0.3, 0.4) is 0 Å². The molecule has 0 N–H and O–H groups in total. The topological polar surface area (TPSA) is 69.9 Å². The molecule has 0 aliphatic rings. The molecular weight excluding hydrogens is 481 g/mol. The van der Waals surface area contributed by atoms with Gasteiger partial charge < -0.3 is 9.57 Å². The highest BCUT2D eigenvalue weighted by molar-refractivity contribution is 7.16. The maximum Gasteiger partial charge on any atom is 0.416 e. The Labute approximate surface area is 196 Å². The normalized spacial score (nSPS) is 12.0. The van der Waals surface area contributed by atoms with Crippen LogP contribution in [0.15, 0.2) is 46.3 Å². The highest BCUT2D eigenvalue weighted by Crippen LogP contribution is 2.35. The highest BCUT2D eigenvalue weighted by atomic mass is 35.5. The van der Waals surface area contributed by atoms with Crippen molar-refractivity contribution in [2.24, 2.45) is 5.16 Å². The summed E-state index contributed by atoms with van der Waals surface area (Å²) >= 11 is 6.95. The fraction of sp³-hybridized carbons (Fsp3) is 0.318. The van der Waals surface area contributed by atoms with Crippen molar-refractivity contribution in [1.82, 2.24) is 4.57 Å². The van der Waals surface area contributed by atoms with E-state index in [2.05, 4.69) is 5.16 Å². The predicted molar refractivity (Wildman–Crippen MR) is 122 cm³/mol. The lowest BCUT2D eigenvalue weighted by molar-refractivity contribution is -0.137. The molecule has 0 spiro atoms. The first kappa shape index (κ1) is 24.8. The summed E-state index contributed by atoms with van der Waals surface area (Å²) in [5, 5.41) is 3.52. The van der Waals surface area contributed by atoms with Gasteiger partial charge in [-0.05, 0) is 64.1 Å². The highest BCUT2D eigenvalue weighted by Gasteiger charge is 2.32. The van der Waals surface area contributed by atoms with Crippen LogP contribution in [0, 0.1) is 0 Å². The van der Waals surface area contributed by atoms with Crippen molar-refractivity contribution in [2.45, 2.75) is 39.5 Å². The summed E-state index contributed by atoms with van der Waals surface area (Å²) in [7, 11) is 0. The lowest BCUT2D eigenvalue weighted by Gasteiger charge is -2.24. The fourth-order valence-corrected chi connectivity index (χ4v) is 4.08. The zero-order valence-corrected chi connectivity index (χ0v) is 19.7. The first-order chi connectivity index (χ1) is 15.3.